The summed E-state index contributed by atoms with van der Waals surface area (Å²) in [5.74, 6) is 0. The summed E-state index contributed by atoms with van der Waals surface area (Å²) in [7, 11) is 3.26. The molecule has 0 bridgehead atoms. The van der Waals surface area contributed by atoms with Crippen LogP contribution in [-0.4, -0.2) is 38.6 Å². The van der Waals surface area contributed by atoms with E-state index in [0.717, 1.165) is 18.2 Å². The lowest BCUT2D eigenvalue weighted by Gasteiger charge is -2.09. The lowest BCUT2D eigenvalue weighted by molar-refractivity contribution is 0.0594. The maximum absolute atomic E-state index is 9.41. The van der Waals surface area contributed by atoms with Crippen molar-refractivity contribution >= 4 is 11.3 Å². The van der Waals surface area contributed by atoms with Crippen LogP contribution in [-0.2, 0) is 11.3 Å². The van der Waals surface area contributed by atoms with E-state index in [1.807, 2.05) is 12.1 Å². The number of thiophene rings is 1. The zero-order valence-corrected chi connectivity index (χ0v) is 10.5. The molecule has 1 heterocycles. The largest absolute Gasteiger partial charge is 0.487 e. The molecule has 1 rings (SSSR count). The second-order valence-corrected chi connectivity index (χ2v) is 4.63. The topological polar surface area (TPSA) is 50.7 Å². The fourth-order valence-corrected chi connectivity index (χ4v) is 2.11. The minimum absolute atomic E-state index is 0.379. The second kappa shape index (κ2) is 7.62. The third-order valence-electron chi connectivity index (χ3n) is 2.15. The smallest absolute Gasteiger partial charge is 0.173 e. The molecule has 1 unspecified atom stereocenters. The van der Waals surface area contributed by atoms with Gasteiger partial charge in [0.05, 0.1) is 19.8 Å². The Bertz CT molecular complexity index is 291. The molecule has 0 aliphatic carbocycles. The van der Waals surface area contributed by atoms with Crippen molar-refractivity contribution in [2.45, 2.75) is 19.1 Å². The highest BCUT2D eigenvalue weighted by molar-refractivity contribution is 7.13. The van der Waals surface area contributed by atoms with Gasteiger partial charge in [-0.25, -0.2) is 0 Å². The molecule has 16 heavy (non-hydrogen) atoms. The van der Waals surface area contributed by atoms with Crippen LogP contribution in [0, 0.1) is 0 Å². The Balaban J connectivity index is 2.11. The number of hydrogen-bond donors (Lipinski definition) is 2. The van der Waals surface area contributed by atoms with Crippen molar-refractivity contribution in [2.75, 3.05) is 27.4 Å². The third kappa shape index (κ3) is 4.94. The predicted octanol–water partition coefficient (Wildman–Crippen LogP) is 1.24. The molecule has 4 nitrogen and oxygen atoms in total. The molecule has 1 aromatic heterocycles. The summed E-state index contributed by atoms with van der Waals surface area (Å²) in [6.07, 6.45) is 0.325. The van der Waals surface area contributed by atoms with Gasteiger partial charge in [-0.15, -0.1) is 11.3 Å². The summed E-state index contributed by atoms with van der Waals surface area (Å²) in [6.45, 7) is 1.99. The van der Waals surface area contributed by atoms with Crippen LogP contribution in [0.15, 0.2) is 12.1 Å². The highest BCUT2D eigenvalue weighted by Gasteiger charge is 2.03. The molecule has 0 saturated carbocycles. The Morgan fingerprint density at radius 3 is 2.88 bits per heavy atom. The summed E-state index contributed by atoms with van der Waals surface area (Å²) in [5.41, 5.74) is 0. The van der Waals surface area contributed by atoms with Crippen LogP contribution in [0.5, 0.6) is 5.06 Å². The van der Waals surface area contributed by atoms with Crippen molar-refractivity contribution in [3.05, 3.63) is 17.0 Å². The molecule has 1 atom stereocenters. The molecule has 0 spiro atoms. The van der Waals surface area contributed by atoms with Crippen molar-refractivity contribution in [1.29, 1.82) is 0 Å². The van der Waals surface area contributed by atoms with Gasteiger partial charge in [-0.05, 0) is 25.1 Å². The Morgan fingerprint density at radius 2 is 2.25 bits per heavy atom. The van der Waals surface area contributed by atoms with Crippen LogP contribution in [0.25, 0.3) is 0 Å². The maximum Gasteiger partial charge on any atom is 0.173 e. The van der Waals surface area contributed by atoms with Crippen LogP contribution in [0.3, 0.4) is 0 Å². The van der Waals surface area contributed by atoms with Gasteiger partial charge in [0.25, 0.3) is 0 Å². The molecule has 0 amide bonds. The van der Waals surface area contributed by atoms with E-state index >= 15 is 0 Å². The summed E-state index contributed by atoms with van der Waals surface area (Å²) in [4.78, 5) is 1.23. The van der Waals surface area contributed by atoms with Crippen molar-refractivity contribution in [3.63, 3.8) is 0 Å². The second-order valence-electron chi connectivity index (χ2n) is 3.50. The number of rotatable bonds is 8. The van der Waals surface area contributed by atoms with E-state index in [1.54, 1.807) is 25.6 Å². The molecule has 0 saturated heterocycles. The summed E-state index contributed by atoms with van der Waals surface area (Å²) in [6, 6.07) is 4.00. The summed E-state index contributed by atoms with van der Waals surface area (Å²) in [5, 5.41) is 13.6. The number of nitrogens with one attached hydrogen (secondary N) is 1. The average Bonchev–Trinajstić information content (AvgIpc) is 2.73. The number of hydrogen-bond acceptors (Lipinski definition) is 5. The van der Waals surface area contributed by atoms with Crippen LogP contribution < -0.4 is 10.1 Å². The van der Waals surface area contributed by atoms with E-state index in [0.29, 0.717) is 13.0 Å². The quantitative estimate of drug-likeness (QED) is 0.677. The van der Waals surface area contributed by atoms with Gasteiger partial charge in [0.15, 0.2) is 5.06 Å². The minimum Gasteiger partial charge on any atom is -0.487 e. The highest BCUT2D eigenvalue weighted by Crippen LogP contribution is 2.23. The third-order valence-corrected chi connectivity index (χ3v) is 3.20. The number of aliphatic hydroxyl groups excluding tert-OH is 1. The molecule has 0 aliphatic rings. The maximum atomic E-state index is 9.41. The molecule has 0 fully saturated rings. The van der Waals surface area contributed by atoms with Crippen molar-refractivity contribution < 1.29 is 14.6 Å². The first-order valence-electron chi connectivity index (χ1n) is 5.26. The first-order chi connectivity index (χ1) is 7.76. The van der Waals surface area contributed by atoms with Gasteiger partial charge in [0, 0.05) is 18.5 Å². The molecule has 1 aromatic rings. The fourth-order valence-electron chi connectivity index (χ4n) is 1.32. The van der Waals surface area contributed by atoms with Crippen LogP contribution in [0.1, 0.15) is 11.3 Å². The van der Waals surface area contributed by atoms with E-state index in [1.165, 1.54) is 4.88 Å². The minimum atomic E-state index is -0.379. The lowest BCUT2D eigenvalue weighted by atomic mass is 10.2. The zero-order chi connectivity index (χ0) is 11.8. The molecule has 92 valence electrons. The molecule has 2 N–H and O–H groups in total. The van der Waals surface area contributed by atoms with E-state index in [9.17, 15) is 5.11 Å². The Hall–Kier alpha value is -0.620. The molecule has 0 aromatic carbocycles. The molecular formula is C11H19NO3S. The lowest BCUT2D eigenvalue weighted by Crippen LogP contribution is -2.22. The fraction of sp³-hybridized carbons (Fsp3) is 0.636. The summed E-state index contributed by atoms with van der Waals surface area (Å²) >= 11 is 1.63. The van der Waals surface area contributed by atoms with Crippen molar-refractivity contribution in [3.8, 4) is 5.06 Å². The highest BCUT2D eigenvalue weighted by atomic mass is 32.1. The standard InChI is InChI=1S/C11H19NO3S/c1-14-8-9(13)5-6-12-7-10-3-4-11(15-2)16-10/h3-4,9,12-13H,5-8H2,1-2H3. The first-order valence-corrected chi connectivity index (χ1v) is 6.08. The summed E-state index contributed by atoms with van der Waals surface area (Å²) < 4.78 is 9.95. The number of aliphatic hydroxyl groups is 1. The van der Waals surface area contributed by atoms with Gasteiger partial charge in [-0.1, -0.05) is 0 Å². The zero-order valence-electron chi connectivity index (χ0n) is 9.73. The van der Waals surface area contributed by atoms with Crippen molar-refractivity contribution in [1.82, 2.24) is 5.32 Å². The van der Waals surface area contributed by atoms with Gasteiger partial charge in [0.2, 0.25) is 0 Å². The van der Waals surface area contributed by atoms with Crippen LogP contribution in [0.2, 0.25) is 0 Å². The average molecular weight is 245 g/mol. The van der Waals surface area contributed by atoms with Gasteiger partial charge in [-0.2, -0.15) is 0 Å². The number of ether oxygens (including phenoxy) is 2. The number of methoxy groups -OCH3 is 2. The molecule has 0 aliphatic heterocycles. The van der Waals surface area contributed by atoms with E-state index < -0.39 is 0 Å². The Labute approximate surface area is 100 Å². The van der Waals surface area contributed by atoms with Crippen LogP contribution >= 0.6 is 11.3 Å². The van der Waals surface area contributed by atoms with Crippen LogP contribution in [0.4, 0.5) is 0 Å². The SMILES string of the molecule is COCC(O)CCNCc1ccc(OC)s1. The van der Waals surface area contributed by atoms with Gasteiger partial charge >= 0.3 is 0 Å². The van der Waals surface area contributed by atoms with E-state index in [2.05, 4.69) is 5.32 Å². The molecular weight excluding hydrogens is 226 g/mol. The first kappa shape index (κ1) is 13.4. The normalized spacial score (nSPS) is 12.7. The van der Waals surface area contributed by atoms with E-state index in [-0.39, 0.29) is 6.10 Å². The van der Waals surface area contributed by atoms with Gasteiger partial charge in [0.1, 0.15) is 0 Å². The monoisotopic (exact) mass is 245 g/mol. The Morgan fingerprint density at radius 1 is 1.44 bits per heavy atom. The van der Waals surface area contributed by atoms with Gasteiger partial charge in [-0.3, -0.25) is 0 Å². The molecule has 5 heteroatoms. The van der Waals surface area contributed by atoms with Gasteiger partial charge < -0.3 is 19.9 Å². The molecule has 0 radical (unpaired) electrons. The predicted molar refractivity (Wildman–Crippen MR) is 65.1 cm³/mol. The van der Waals surface area contributed by atoms with Crippen molar-refractivity contribution in [2.24, 2.45) is 0 Å². The van der Waals surface area contributed by atoms with E-state index in [4.69, 9.17) is 9.47 Å². The Kier molecular flexibility index (Phi) is 6.40.